The third-order valence-electron chi connectivity index (χ3n) is 4.84. The molecular weight excluding hydrogens is 312 g/mol. The third kappa shape index (κ3) is 4.08. The summed E-state index contributed by atoms with van der Waals surface area (Å²) in [7, 11) is 0. The van der Waals surface area contributed by atoms with Crippen LogP contribution >= 0.6 is 0 Å². The van der Waals surface area contributed by atoms with Crippen molar-refractivity contribution in [2.45, 2.75) is 26.7 Å². The molecule has 0 bridgehead atoms. The number of anilines is 1. The van der Waals surface area contributed by atoms with Gasteiger partial charge in [-0.2, -0.15) is 0 Å². The van der Waals surface area contributed by atoms with Crippen LogP contribution in [0.3, 0.4) is 0 Å². The average Bonchev–Trinajstić information content (AvgIpc) is 2.64. The predicted molar refractivity (Wildman–Crippen MR) is 99.9 cm³/mol. The average molecular weight is 336 g/mol. The van der Waals surface area contributed by atoms with E-state index >= 15 is 0 Å². The molecule has 0 radical (unpaired) electrons. The maximum absolute atomic E-state index is 12.7. The number of carbonyl (C=O) groups excluding carboxylic acids is 2. The smallest absolute Gasteiger partial charge is 0.255 e. The first-order valence-corrected chi connectivity index (χ1v) is 8.81. The molecule has 1 N–H and O–H groups in total. The van der Waals surface area contributed by atoms with E-state index < -0.39 is 0 Å². The number of likely N-dealkylation sites (tertiary alicyclic amines) is 1. The van der Waals surface area contributed by atoms with Crippen LogP contribution in [0.1, 0.15) is 46.0 Å². The fraction of sp³-hybridized carbons (Fsp3) is 0.333. The maximum atomic E-state index is 12.7. The zero-order valence-electron chi connectivity index (χ0n) is 14.8. The minimum atomic E-state index is -0.167. The van der Waals surface area contributed by atoms with Crippen molar-refractivity contribution in [2.75, 3.05) is 18.4 Å². The van der Waals surface area contributed by atoms with E-state index in [1.54, 1.807) is 18.2 Å². The number of rotatable bonds is 3. The van der Waals surface area contributed by atoms with Crippen molar-refractivity contribution in [3.8, 4) is 0 Å². The Bertz CT molecular complexity index is 763. The Hall–Kier alpha value is -2.62. The van der Waals surface area contributed by atoms with Crippen molar-refractivity contribution in [1.29, 1.82) is 0 Å². The molecule has 0 saturated carbocycles. The predicted octanol–water partition coefficient (Wildman–Crippen LogP) is 4.12. The van der Waals surface area contributed by atoms with Crippen molar-refractivity contribution in [3.63, 3.8) is 0 Å². The number of nitrogens with one attached hydrogen (secondary N) is 1. The second kappa shape index (κ2) is 7.51. The van der Waals surface area contributed by atoms with Gasteiger partial charge in [0, 0.05) is 29.9 Å². The SMILES string of the molecule is Cc1ccc(C(=O)N2CCC(C)CC2)cc1NC(=O)c1ccccc1. The zero-order chi connectivity index (χ0) is 17.8. The number of piperidine rings is 1. The summed E-state index contributed by atoms with van der Waals surface area (Å²) in [5.74, 6) is 0.560. The number of hydrogen-bond acceptors (Lipinski definition) is 2. The molecule has 3 rings (SSSR count). The van der Waals surface area contributed by atoms with E-state index in [0.717, 1.165) is 31.5 Å². The molecule has 0 spiro atoms. The van der Waals surface area contributed by atoms with Gasteiger partial charge in [0.1, 0.15) is 0 Å². The zero-order valence-corrected chi connectivity index (χ0v) is 14.8. The Kier molecular flexibility index (Phi) is 5.17. The molecule has 25 heavy (non-hydrogen) atoms. The molecule has 1 heterocycles. The summed E-state index contributed by atoms with van der Waals surface area (Å²) >= 11 is 0. The van der Waals surface area contributed by atoms with Crippen LogP contribution in [-0.4, -0.2) is 29.8 Å². The van der Waals surface area contributed by atoms with E-state index in [-0.39, 0.29) is 11.8 Å². The monoisotopic (exact) mass is 336 g/mol. The number of benzene rings is 2. The fourth-order valence-corrected chi connectivity index (χ4v) is 3.07. The first-order valence-electron chi connectivity index (χ1n) is 8.81. The van der Waals surface area contributed by atoms with Gasteiger partial charge >= 0.3 is 0 Å². The first kappa shape index (κ1) is 17.2. The quantitative estimate of drug-likeness (QED) is 0.916. The highest BCUT2D eigenvalue weighted by Gasteiger charge is 2.22. The van der Waals surface area contributed by atoms with Gasteiger partial charge in [0.2, 0.25) is 0 Å². The number of nitrogens with zero attached hydrogens (tertiary/aromatic N) is 1. The van der Waals surface area contributed by atoms with E-state index in [4.69, 9.17) is 0 Å². The highest BCUT2D eigenvalue weighted by Crippen LogP contribution is 2.22. The van der Waals surface area contributed by atoms with Gasteiger partial charge in [-0.25, -0.2) is 0 Å². The lowest BCUT2D eigenvalue weighted by Crippen LogP contribution is -2.37. The van der Waals surface area contributed by atoms with E-state index in [0.29, 0.717) is 22.7 Å². The summed E-state index contributed by atoms with van der Waals surface area (Å²) in [5.41, 5.74) is 2.85. The summed E-state index contributed by atoms with van der Waals surface area (Å²) in [6.45, 7) is 5.77. The number of aryl methyl sites for hydroxylation is 1. The van der Waals surface area contributed by atoms with E-state index in [2.05, 4.69) is 12.2 Å². The molecule has 1 aliphatic heterocycles. The first-order chi connectivity index (χ1) is 12.0. The Morgan fingerprint density at radius 3 is 2.36 bits per heavy atom. The molecule has 0 aliphatic carbocycles. The molecule has 4 heteroatoms. The van der Waals surface area contributed by atoms with Crippen molar-refractivity contribution in [1.82, 2.24) is 4.90 Å². The molecular formula is C21H24N2O2. The van der Waals surface area contributed by atoms with Crippen LogP contribution in [0.5, 0.6) is 0 Å². The molecule has 2 aromatic carbocycles. The van der Waals surface area contributed by atoms with Gasteiger partial charge in [0.25, 0.3) is 11.8 Å². The second-order valence-electron chi connectivity index (χ2n) is 6.82. The molecule has 4 nitrogen and oxygen atoms in total. The molecule has 2 aromatic rings. The summed E-state index contributed by atoms with van der Waals surface area (Å²) in [5, 5.41) is 2.92. The topological polar surface area (TPSA) is 49.4 Å². The van der Waals surface area contributed by atoms with Crippen LogP contribution in [0, 0.1) is 12.8 Å². The van der Waals surface area contributed by atoms with Gasteiger partial charge in [-0.1, -0.05) is 31.2 Å². The third-order valence-corrected chi connectivity index (χ3v) is 4.84. The van der Waals surface area contributed by atoms with Crippen LogP contribution < -0.4 is 5.32 Å². The van der Waals surface area contributed by atoms with Gasteiger partial charge in [-0.3, -0.25) is 9.59 Å². The molecule has 0 atom stereocenters. The van der Waals surface area contributed by atoms with Gasteiger partial charge in [0.05, 0.1) is 0 Å². The standard InChI is InChI=1S/C21H24N2O2/c1-15-10-12-23(13-11-15)21(25)18-9-8-16(2)19(14-18)22-20(24)17-6-4-3-5-7-17/h3-9,14-15H,10-13H2,1-2H3,(H,22,24). The van der Waals surface area contributed by atoms with Crippen molar-refractivity contribution in [2.24, 2.45) is 5.92 Å². The molecule has 130 valence electrons. The minimum Gasteiger partial charge on any atom is -0.339 e. The summed E-state index contributed by atoms with van der Waals surface area (Å²) < 4.78 is 0. The molecule has 0 unspecified atom stereocenters. The van der Waals surface area contributed by atoms with Crippen LogP contribution in [0.2, 0.25) is 0 Å². The van der Waals surface area contributed by atoms with Crippen LogP contribution in [0.15, 0.2) is 48.5 Å². The lowest BCUT2D eigenvalue weighted by atomic mass is 9.98. The van der Waals surface area contributed by atoms with Crippen molar-refractivity contribution >= 4 is 17.5 Å². The van der Waals surface area contributed by atoms with E-state index in [9.17, 15) is 9.59 Å². The van der Waals surface area contributed by atoms with Crippen molar-refractivity contribution < 1.29 is 9.59 Å². The number of amides is 2. The molecule has 1 aliphatic rings. The number of hydrogen-bond donors (Lipinski definition) is 1. The van der Waals surface area contributed by atoms with Crippen LogP contribution in [0.25, 0.3) is 0 Å². The highest BCUT2D eigenvalue weighted by atomic mass is 16.2. The van der Waals surface area contributed by atoms with Gasteiger partial charge < -0.3 is 10.2 Å². The maximum Gasteiger partial charge on any atom is 0.255 e. The molecule has 0 aromatic heterocycles. The lowest BCUT2D eigenvalue weighted by molar-refractivity contribution is 0.0697. The van der Waals surface area contributed by atoms with Crippen LogP contribution in [0.4, 0.5) is 5.69 Å². The van der Waals surface area contributed by atoms with Crippen LogP contribution in [-0.2, 0) is 0 Å². The Labute approximate surface area is 148 Å². The minimum absolute atomic E-state index is 0.0436. The van der Waals surface area contributed by atoms with Gasteiger partial charge in [-0.05, 0) is 55.5 Å². The second-order valence-corrected chi connectivity index (χ2v) is 6.82. The summed E-state index contributed by atoms with van der Waals surface area (Å²) in [4.78, 5) is 27.0. The number of carbonyl (C=O) groups is 2. The fourth-order valence-electron chi connectivity index (χ4n) is 3.07. The van der Waals surface area contributed by atoms with Crippen molar-refractivity contribution in [3.05, 3.63) is 65.2 Å². The largest absolute Gasteiger partial charge is 0.339 e. The normalized spacial score (nSPS) is 15.0. The Morgan fingerprint density at radius 1 is 1.00 bits per heavy atom. The van der Waals surface area contributed by atoms with Gasteiger partial charge in [-0.15, -0.1) is 0 Å². The molecule has 1 saturated heterocycles. The summed E-state index contributed by atoms with van der Waals surface area (Å²) in [6, 6.07) is 14.6. The van der Waals surface area contributed by atoms with Gasteiger partial charge in [0.15, 0.2) is 0 Å². The Morgan fingerprint density at radius 2 is 1.68 bits per heavy atom. The van der Waals surface area contributed by atoms with E-state index in [1.165, 1.54) is 0 Å². The lowest BCUT2D eigenvalue weighted by Gasteiger charge is -2.30. The molecule has 1 fully saturated rings. The molecule has 2 amide bonds. The van der Waals surface area contributed by atoms with E-state index in [1.807, 2.05) is 42.2 Å². The highest BCUT2D eigenvalue weighted by molar-refractivity contribution is 6.05. The Balaban J connectivity index is 1.76. The summed E-state index contributed by atoms with van der Waals surface area (Å²) in [6.07, 6.45) is 2.10.